The highest BCUT2D eigenvalue weighted by Gasteiger charge is 2.19. The fourth-order valence-electron chi connectivity index (χ4n) is 1.08. The predicted molar refractivity (Wildman–Crippen MR) is 46.3 cm³/mol. The van der Waals surface area contributed by atoms with Crippen LogP contribution in [-0.4, -0.2) is 37.2 Å². The number of aliphatic carboxylic acids is 1. The summed E-state index contributed by atoms with van der Waals surface area (Å²) < 4.78 is 4.86. The van der Waals surface area contributed by atoms with Crippen molar-refractivity contribution in [3.05, 3.63) is 0 Å². The third-order valence-electron chi connectivity index (χ3n) is 1.79. The molecule has 0 fully saturated rings. The van der Waals surface area contributed by atoms with Gasteiger partial charge >= 0.3 is 5.97 Å². The van der Waals surface area contributed by atoms with Crippen molar-refractivity contribution in [2.75, 3.05) is 13.7 Å². The predicted octanol–water partition coefficient (Wildman–Crippen LogP) is -0.142. The molecular weight excluding hydrogens is 174 g/mol. The number of hydrogen-bond donors (Lipinski definition) is 2. The molecule has 76 valence electrons. The van der Waals surface area contributed by atoms with Crippen LogP contribution in [0.4, 0.5) is 0 Å². The molecule has 0 saturated carbocycles. The first-order valence-electron chi connectivity index (χ1n) is 4.02. The number of hydrogen-bond acceptors (Lipinski definition) is 3. The van der Waals surface area contributed by atoms with Crippen LogP contribution in [0.15, 0.2) is 0 Å². The monoisotopic (exact) mass is 189 g/mol. The molecule has 0 aliphatic heterocycles. The van der Waals surface area contributed by atoms with Gasteiger partial charge in [0.15, 0.2) is 0 Å². The molecule has 1 amide bonds. The van der Waals surface area contributed by atoms with E-state index in [-0.39, 0.29) is 18.4 Å². The third kappa shape index (κ3) is 5.19. The largest absolute Gasteiger partial charge is 0.481 e. The number of carboxylic acid groups (broad SMARTS) is 1. The van der Waals surface area contributed by atoms with Gasteiger partial charge in [-0.3, -0.25) is 9.59 Å². The molecule has 0 saturated heterocycles. The molecule has 2 atom stereocenters. The van der Waals surface area contributed by atoms with Gasteiger partial charge in [0.1, 0.15) is 0 Å². The van der Waals surface area contributed by atoms with Gasteiger partial charge in [-0.2, -0.15) is 0 Å². The molecule has 2 unspecified atom stereocenters. The molecule has 2 N–H and O–H groups in total. The van der Waals surface area contributed by atoms with E-state index in [0.717, 1.165) is 0 Å². The summed E-state index contributed by atoms with van der Waals surface area (Å²) in [5, 5.41) is 11.0. The maximum absolute atomic E-state index is 10.4. The third-order valence-corrected chi connectivity index (χ3v) is 1.79. The lowest BCUT2D eigenvalue weighted by atomic mass is 10.0. The maximum Gasteiger partial charge on any atom is 0.305 e. The Hall–Kier alpha value is -1.10. The van der Waals surface area contributed by atoms with E-state index in [1.807, 2.05) is 6.92 Å². The van der Waals surface area contributed by atoms with Gasteiger partial charge in [0.25, 0.3) is 0 Å². The molecule has 0 rings (SSSR count). The van der Waals surface area contributed by atoms with Crippen LogP contribution >= 0.6 is 0 Å². The second kappa shape index (κ2) is 6.42. The lowest BCUT2D eigenvalue weighted by Crippen LogP contribution is -2.37. The van der Waals surface area contributed by atoms with Crippen molar-refractivity contribution < 1.29 is 19.4 Å². The number of nitrogens with one attached hydrogen (secondary N) is 1. The highest BCUT2D eigenvalue weighted by atomic mass is 16.5. The van der Waals surface area contributed by atoms with E-state index in [2.05, 4.69) is 5.32 Å². The van der Waals surface area contributed by atoms with E-state index in [4.69, 9.17) is 9.84 Å². The Balaban J connectivity index is 4.04. The lowest BCUT2D eigenvalue weighted by molar-refractivity contribution is -0.138. The molecule has 0 aromatic heterocycles. The van der Waals surface area contributed by atoms with E-state index in [1.165, 1.54) is 7.11 Å². The Bertz CT molecular complexity index is 172. The van der Waals surface area contributed by atoms with E-state index in [1.54, 1.807) is 0 Å². The first-order chi connectivity index (χ1) is 6.11. The summed E-state index contributed by atoms with van der Waals surface area (Å²) in [6.45, 7) is 2.26. The van der Waals surface area contributed by atoms with Crippen molar-refractivity contribution in [1.82, 2.24) is 5.32 Å². The number of amides is 1. The number of carbonyl (C=O) groups excluding carboxylic acids is 1. The normalized spacial score (nSPS) is 14.6. The second-order valence-corrected chi connectivity index (χ2v) is 2.92. The van der Waals surface area contributed by atoms with Crippen molar-refractivity contribution in [1.29, 1.82) is 0 Å². The van der Waals surface area contributed by atoms with Gasteiger partial charge in [-0.25, -0.2) is 0 Å². The van der Waals surface area contributed by atoms with Crippen molar-refractivity contribution in [2.24, 2.45) is 5.92 Å². The van der Waals surface area contributed by atoms with E-state index < -0.39 is 5.97 Å². The van der Waals surface area contributed by atoms with Crippen LogP contribution < -0.4 is 5.32 Å². The minimum Gasteiger partial charge on any atom is -0.481 e. The summed E-state index contributed by atoms with van der Waals surface area (Å²) in [6.07, 6.45) is 0.434. The van der Waals surface area contributed by atoms with Crippen molar-refractivity contribution in [2.45, 2.75) is 19.4 Å². The van der Waals surface area contributed by atoms with Crippen molar-refractivity contribution >= 4 is 12.4 Å². The van der Waals surface area contributed by atoms with Crippen LogP contribution in [0.25, 0.3) is 0 Å². The standard InChI is InChI=1S/C8H15NO4/c1-6(4-13-2)7(9-5-10)3-8(11)12/h5-7H,3-4H2,1-2H3,(H,9,10)(H,11,12). The van der Waals surface area contributed by atoms with E-state index >= 15 is 0 Å². The van der Waals surface area contributed by atoms with Crippen LogP contribution in [0, 0.1) is 5.92 Å². The minimum absolute atomic E-state index is 0.00806. The second-order valence-electron chi connectivity index (χ2n) is 2.92. The number of methoxy groups -OCH3 is 1. The van der Waals surface area contributed by atoms with E-state index in [0.29, 0.717) is 13.0 Å². The topological polar surface area (TPSA) is 75.6 Å². The quantitative estimate of drug-likeness (QED) is 0.546. The van der Waals surface area contributed by atoms with Crippen molar-refractivity contribution in [3.63, 3.8) is 0 Å². The summed E-state index contributed by atoms with van der Waals surface area (Å²) in [5.41, 5.74) is 0. The molecule has 0 aromatic carbocycles. The smallest absolute Gasteiger partial charge is 0.305 e. The van der Waals surface area contributed by atoms with Crippen LogP contribution in [0.3, 0.4) is 0 Å². The first kappa shape index (κ1) is 11.9. The fourth-order valence-corrected chi connectivity index (χ4v) is 1.08. The van der Waals surface area contributed by atoms with Gasteiger partial charge in [0, 0.05) is 19.1 Å². The Kier molecular flexibility index (Phi) is 5.88. The summed E-state index contributed by atoms with van der Waals surface area (Å²) in [4.78, 5) is 20.6. The van der Waals surface area contributed by atoms with Gasteiger partial charge in [-0.15, -0.1) is 0 Å². The lowest BCUT2D eigenvalue weighted by Gasteiger charge is -2.20. The molecule has 5 heteroatoms. The van der Waals surface area contributed by atoms with Gasteiger partial charge in [0.2, 0.25) is 6.41 Å². The first-order valence-corrected chi connectivity index (χ1v) is 4.02. The van der Waals surface area contributed by atoms with Gasteiger partial charge in [0.05, 0.1) is 13.0 Å². The number of ether oxygens (including phenoxy) is 1. The number of carbonyl (C=O) groups is 2. The van der Waals surface area contributed by atoms with Crippen LogP contribution in [0.1, 0.15) is 13.3 Å². The summed E-state index contributed by atoms with van der Waals surface area (Å²) in [6, 6.07) is -0.366. The SMILES string of the molecule is COCC(C)C(CC(=O)O)NC=O. The minimum atomic E-state index is -0.928. The molecule has 5 nitrogen and oxygen atoms in total. The Labute approximate surface area is 77.1 Å². The summed E-state index contributed by atoms with van der Waals surface area (Å²) in [7, 11) is 1.54. The van der Waals surface area contributed by atoms with Crippen molar-refractivity contribution in [3.8, 4) is 0 Å². The zero-order valence-electron chi connectivity index (χ0n) is 7.82. The summed E-state index contributed by atoms with van der Waals surface area (Å²) in [5.74, 6) is -0.936. The summed E-state index contributed by atoms with van der Waals surface area (Å²) >= 11 is 0. The molecule has 0 radical (unpaired) electrons. The fraction of sp³-hybridized carbons (Fsp3) is 0.750. The number of carboxylic acids is 1. The highest BCUT2D eigenvalue weighted by molar-refractivity contribution is 5.68. The Morgan fingerprint density at radius 2 is 2.31 bits per heavy atom. The number of rotatable bonds is 7. The Morgan fingerprint density at radius 3 is 2.69 bits per heavy atom. The van der Waals surface area contributed by atoms with Crippen LogP contribution in [0.2, 0.25) is 0 Å². The zero-order valence-corrected chi connectivity index (χ0v) is 7.82. The maximum atomic E-state index is 10.4. The zero-order chi connectivity index (χ0) is 10.3. The molecule has 0 bridgehead atoms. The molecule has 0 spiro atoms. The van der Waals surface area contributed by atoms with Gasteiger partial charge in [-0.1, -0.05) is 6.92 Å². The van der Waals surface area contributed by atoms with Gasteiger partial charge < -0.3 is 15.2 Å². The molecule has 0 aliphatic rings. The molecule has 0 aromatic rings. The van der Waals surface area contributed by atoms with Gasteiger partial charge in [-0.05, 0) is 0 Å². The van der Waals surface area contributed by atoms with Crippen LogP contribution in [-0.2, 0) is 14.3 Å². The molecule has 13 heavy (non-hydrogen) atoms. The molecule has 0 aliphatic carbocycles. The molecule has 0 heterocycles. The average molecular weight is 189 g/mol. The Morgan fingerprint density at radius 1 is 1.69 bits per heavy atom. The average Bonchev–Trinajstić information content (AvgIpc) is 2.03. The highest BCUT2D eigenvalue weighted by Crippen LogP contribution is 2.06. The van der Waals surface area contributed by atoms with E-state index in [9.17, 15) is 9.59 Å². The molecular formula is C8H15NO4. The van der Waals surface area contributed by atoms with Crippen LogP contribution in [0.5, 0.6) is 0 Å².